The fraction of sp³-hybridized carbons (Fsp3) is 0.267. The molecule has 3 N–H and O–H groups in total. The van der Waals surface area contributed by atoms with Gasteiger partial charge in [0.05, 0.1) is 29.5 Å². The fourth-order valence-electron chi connectivity index (χ4n) is 2.72. The van der Waals surface area contributed by atoms with E-state index in [0.717, 1.165) is 0 Å². The zero-order chi connectivity index (χ0) is 18.2. The minimum absolute atomic E-state index is 0.0466. The first kappa shape index (κ1) is 16.9. The predicted octanol–water partition coefficient (Wildman–Crippen LogP) is 0.974. The van der Waals surface area contributed by atoms with Crippen LogP contribution >= 0.6 is 0 Å². The van der Waals surface area contributed by atoms with Crippen molar-refractivity contribution in [1.29, 1.82) is 5.26 Å². The molecule has 2 aromatic rings. The first-order chi connectivity index (χ1) is 11.8. The molecular formula is C15H14FN5O3S. The van der Waals surface area contributed by atoms with Crippen LogP contribution in [0.15, 0.2) is 30.5 Å². The summed E-state index contributed by atoms with van der Waals surface area (Å²) in [4.78, 5) is 11.7. The van der Waals surface area contributed by atoms with E-state index in [4.69, 9.17) is 5.73 Å². The predicted molar refractivity (Wildman–Crippen MR) is 87.2 cm³/mol. The molecule has 1 amide bonds. The molecule has 0 unspecified atom stereocenters. The fourth-order valence-corrected chi connectivity index (χ4v) is 4.60. The molecule has 2 atom stereocenters. The molecular weight excluding hydrogens is 349 g/mol. The van der Waals surface area contributed by atoms with Crippen LogP contribution in [-0.2, 0) is 9.84 Å². The third kappa shape index (κ3) is 3.46. The van der Waals surface area contributed by atoms with Crippen LogP contribution in [0.25, 0.3) is 0 Å². The van der Waals surface area contributed by atoms with Gasteiger partial charge < -0.3 is 11.1 Å². The van der Waals surface area contributed by atoms with Crippen LogP contribution in [0.2, 0.25) is 0 Å². The highest BCUT2D eigenvalue weighted by atomic mass is 32.2. The molecule has 2 heterocycles. The van der Waals surface area contributed by atoms with Crippen molar-refractivity contribution in [3.8, 4) is 6.07 Å². The van der Waals surface area contributed by atoms with Crippen molar-refractivity contribution in [2.75, 3.05) is 16.8 Å². The van der Waals surface area contributed by atoms with Crippen molar-refractivity contribution in [1.82, 2.24) is 9.78 Å². The molecule has 0 bridgehead atoms. The van der Waals surface area contributed by atoms with Gasteiger partial charge in [0, 0.05) is 11.9 Å². The lowest BCUT2D eigenvalue weighted by Gasteiger charge is -2.11. The number of aromatic nitrogens is 2. The van der Waals surface area contributed by atoms with Gasteiger partial charge in [-0.15, -0.1) is 0 Å². The van der Waals surface area contributed by atoms with Crippen molar-refractivity contribution >= 4 is 27.2 Å². The number of hydrogen-bond acceptors (Lipinski definition) is 6. The number of nitrogens with one attached hydrogen (secondary N) is 1. The number of nitrogens with zero attached hydrogens (tertiary/aromatic N) is 3. The summed E-state index contributed by atoms with van der Waals surface area (Å²) in [5.41, 5.74) is 5.87. The number of anilines is 2. The molecule has 0 radical (unpaired) electrons. The summed E-state index contributed by atoms with van der Waals surface area (Å²) in [7, 11) is -3.35. The third-order valence-electron chi connectivity index (χ3n) is 3.93. The molecule has 1 fully saturated rings. The number of nitriles is 1. The summed E-state index contributed by atoms with van der Waals surface area (Å²) in [6, 6.07) is 6.65. The third-order valence-corrected chi connectivity index (χ3v) is 5.65. The van der Waals surface area contributed by atoms with Crippen LogP contribution < -0.4 is 11.1 Å². The molecule has 1 saturated heterocycles. The molecule has 8 nitrogen and oxygen atoms in total. The van der Waals surface area contributed by atoms with E-state index in [-0.39, 0.29) is 22.9 Å². The number of halogens is 1. The smallest absolute Gasteiger partial charge is 0.254 e. The average Bonchev–Trinajstić information content (AvgIpc) is 3.10. The Morgan fingerprint density at radius 2 is 2.04 bits per heavy atom. The van der Waals surface area contributed by atoms with E-state index in [9.17, 15) is 22.9 Å². The molecule has 1 aromatic heterocycles. The zero-order valence-electron chi connectivity index (χ0n) is 12.9. The summed E-state index contributed by atoms with van der Waals surface area (Å²) >= 11 is 0. The molecule has 25 heavy (non-hydrogen) atoms. The van der Waals surface area contributed by atoms with Crippen LogP contribution in [0.1, 0.15) is 16.4 Å². The molecule has 10 heteroatoms. The summed E-state index contributed by atoms with van der Waals surface area (Å²) in [6.07, 6.45) is 1.32. The van der Waals surface area contributed by atoms with Crippen LogP contribution in [0.3, 0.4) is 0 Å². The van der Waals surface area contributed by atoms with E-state index in [1.807, 2.05) is 6.07 Å². The zero-order valence-corrected chi connectivity index (χ0v) is 13.7. The largest absolute Gasteiger partial charge is 0.365 e. The number of sulfone groups is 1. The Morgan fingerprint density at radius 1 is 1.36 bits per heavy atom. The Bertz CT molecular complexity index is 962. The van der Waals surface area contributed by atoms with Crippen LogP contribution in [-0.4, -0.2) is 35.6 Å². The van der Waals surface area contributed by atoms with E-state index in [1.165, 1.54) is 35.1 Å². The topological polar surface area (TPSA) is 131 Å². The van der Waals surface area contributed by atoms with E-state index < -0.39 is 33.5 Å². The standard InChI is InChI=1S/C15H14FN5O3S/c16-10-1-3-11(4-2-10)19-15-12(14(18)22)6-21(20-15)13-8-25(23,24)7-9(13)5-17/h1-4,6,9,13H,7-8H2,(H2,18,22)(H,19,20)/t9-,13+/m0/s1. The molecule has 0 spiro atoms. The Labute approximate surface area is 143 Å². The monoisotopic (exact) mass is 363 g/mol. The second-order valence-corrected chi connectivity index (χ2v) is 7.90. The first-order valence-electron chi connectivity index (χ1n) is 7.30. The van der Waals surface area contributed by atoms with Gasteiger partial charge in [0.1, 0.15) is 11.4 Å². The molecule has 3 rings (SSSR count). The molecule has 0 saturated carbocycles. The van der Waals surface area contributed by atoms with Crippen molar-refractivity contribution in [2.24, 2.45) is 11.7 Å². The molecule has 1 aliphatic rings. The van der Waals surface area contributed by atoms with Gasteiger partial charge in [-0.3, -0.25) is 9.48 Å². The molecule has 1 aromatic carbocycles. The highest BCUT2D eigenvalue weighted by molar-refractivity contribution is 7.91. The van der Waals surface area contributed by atoms with Crippen molar-refractivity contribution in [3.63, 3.8) is 0 Å². The maximum atomic E-state index is 13.0. The minimum atomic E-state index is -3.35. The van der Waals surface area contributed by atoms with Crippen molar-refractivity contribution < 1.29 is 17.6 Å². The molecule has 130 valence electrons. The Hall–Kier alpha value is -2.93. The van der Waals surface area contributed by atoms with E-state index in [1.54, 1.807) is 0 Å². The molecule has 0 aliphatic carbocycles. The minimum Gasteiger partial charge on any atom is -0.365 e. The highest BCUT2D eigenvalue weighted by Gasteiger charge is 2.40. The lowest BCUT2D eigenvalue weighted by Crippen LogP contribution is -2.17. The second-order valence-electron chi connectivity index (χ2n) is 5.75. The lowest BCUT2D eigenvalue weighted by molar-refractivity contribution is 0.100. The summed E-state index contributed by atoms with van der Waals surface area (Å²) in [5, 5.41) is 16.2. The lowest BCUT2D eigenvalue weighted by atomic mass is 10.1. The van der Waals surface area contributed by atoms with E-state index >= 15 is 0 Å². The number of carbonyl (C=O) groups excluding carboxylic acids is 1. The number of carbonyl (C=O) groups is 1. The highest BCUT2D eigenvalue weighted by Crippen LogP contribution is 2.31. The maximum Gasteiger partial charge on any atom is 0.254 e. The second kappa shape index (κ2) is 6.18. The SMILES string of the molecule is N#C[C@H]1CS(=O)(=O)C[C@H]1n1cc(C(N)=O)c(Nc2ccc(F)cc2)n1. The van der Waals surface area contributed by atoms with Crippen molar-refractivity contribution in [2.45, 2.75) is 6.04 Å². The number of nitrogens with two attached hydrogens (primary N) is 1. The Kier molecular flexibility index (Phi) is 4.18. The Morgan fingerprint density at radius 3 is 2.64 bits per heavy atom. The summed E-state index contributed by atoms with van der Waals surface area (Å²) in [6.45, 7) is 0. The number of rotatable bonds is 4. The van der Waals surface area contributed by atoms with Gasteiger partial charge in [0.2, 0.25) is 0 Å². The summed E-state index contributed by atoms with van der Waals surface area (Å²) < 4.78 is 37.9. The van der Waals surface area contributed by atoms with Gasteiger partial charge in [-0.25, -0.2) is 12.8 Å². The molecule has 1 aliphatic heterocycles. The van der Waals surface area contributed by atoms with Gasteiger partial charge >= 0.3 is 0 Å². The number of amides is 1. The average molecular weight is 363 g/mol. The van der Waals surface area contributed by atoms with E-state index in [0.29, 0.717) is 5.69 Å². The number of benzene rings is 1. The van der Waals surface area contributed by atoms with Crippen LogP contribution in [0.5, 0.6) is 0 Å². The van der Waals surface area contributed by atoms with E-state index in [2.05, 4.69) is 10.4 Å². The van der Waals surface area contributed by atoms with Gasteiger partial charge in [-0.2, -0.15) is 10.4 Å². The maximum absolute atomic E-state index is 13.0. The van der Waals surface area contributed by atoms with Crippen LogP contribution in [0, 0.1) is 23.1 Å². The number of primary amides is 1. The van der Waals surface area contributed by atoms with Crippen molar-refractivity contribution in [3.05, 3.63) is 41.8 Å². The normalized spacial score (nSPS) is 21.6. The summed E-state index contributed by atoms with van der Waals surface area (Å²) in [5.74, 6) is -2.31. The Balaban J connectivity index is 1.96. The van der Waals surface area contributed by atoms with Gasteiger partial charge in [-0.05, 0) is 24.3 Å². The quantitative estimate of drug-likeness (QED) is 0.832. The van der Waals surface area contributed by atoms with Gasteiger partial charge in [0.25, 0.3) is 5.91 Å². The van der Waals surface area contributed by atoms with Gasteiger partial charge in [0.15, 0.2) is 15.7 Å². The first-order valence-corrected chi connectivity index (χ1v) is 9.13. The number of hydrogen-bond donors (Lipinski definition) is 2. The van der Waals surface area contributed by atoms with Crippen LogP contribution in [0.4, 0.5) is 15.9 Å². The van der Waals surface area contributed by atoms with Gasteiger partial charge in [-0.1, -0.05) is 0 Å².